The molecule has 34 heavy (non-hydrogen) atoms. The number of thioether (sulfide) groups is 1. The Balaban J connectivity index is 1.45. The molecule has 0 spiro atoms. The van der Waals surface area contributed by atoms with Crippen LogP contribution in [0.1, 0.15) is 16.7 Å². The lowest BCUT2D eigenvalue weighted by molar-refractivity contribution is -0.114. The molecule has 0 unspecified atom stereocenters. The van der Waals surface area contributed by atoms with Gasteiger partial charge in [-0.05, 0) is 55.5 Å². The largest absolute Gasteiger partial charge is 0.493 e. The maximum Gasteiger partial charge on any atom is 0.283 e. The number of amidine groups is 3. The van der Waals surface area contributed by atoms with Gasteiger partial charge < -0.3 is 14.2 Å². The Morgan fingerprint density at radius 3 is 2.53 bits per heavy atom. The van der Waals surface area contributed by atoms with Gasteiger partial charge in [0.15, 0.2) is 16.7 Å². The molecule has 2 aromatic rings. The van der Waals surface area contributed by atoms with Crippen molar-refractivity contribution in [2.75, 3.05) is 26.6 Å². The zero-order chi connectivity index (χ0) is 24.2. The van der Waals surface area contributed by atoms with Crippen molar-refractivity contribution in [1.29, 1.82) is 5.41 Å². The predicted molar refractivity (Wildman–Crippen MR) is 138 cm³/mol. The van der Waals surface area contributed by atoms with E-state index in [-0.39, 0.29) is 11.4 Å². The monoisotopic (exact) mass is 496 g/mol. The van der Waals surface area contributed by atoms with E-state index >= 15 is 0 Å². The number of hydrogen-bond donors (Lipinski definition) is 1. The van der Waals surface area contributed by atoms with Gasteiger partial charge in [0.2, 0.25) is 5.17 Å². The number of amides is 1. The van der Waals surface area contributed by atoms with Gasteiger partial charge in [-0.15, -0.1) is 0 Å². The first-order chi connectivity index (χ1) is 16.4. The van der Waals surface area contributed by atoms with Crippen LogP contribution in [0.2, 0.25) is 0 Å². The number of methoxy groups -OCH3 is 1. The summed E-state index contributed by atoms with van der Waals surface area (Å²) in [7, 11) is 1.55. The maximum atomic E-state index is 12.5. The zero-order valence-electron chi connectivity index (χ0n) is 19.2. The Bertz CT molecular complexity index is 1240. The smallest absolute Gasteiger partial charge is 0.283 e. The minimum Gasteiger partial charge on any atom is -0.493 e. The fourth-order valence-corrected chi connectivity index (χ4v) is 4.91. The van der Waals surface area contributed by atoms with Crippen LogP contribution in [0.4, 0.5) is 0 Å². The van der Waals surface area contributed by atoms with Crippen LogP contribution in [0.15, 0.2) is 51.4 Å². The highest BCUT2D eigenvalue weighted by Gasteiger charge is 2.37. The Morgan fingerprint density at radius 2 is 1.82 bits per heavy atom. The summed E-state index contributed by atoms with van der Waals surface area (Å²) in [6.07, 6.45) is 3.49. The van der Waals surface area contributed by atoms with Gasteiger partial charge in [0, 0.05) is 0 Å². The summed E-state index contributed by atoms with van der Waals surface area (Å²) in [5, 5.41) is 9.54. The van der Waals surface area contributed by atoms with Crippen LogP contribution in [0.5, 0.6) is 17.2 Å². The first kappa shape index (κ1) is 23.9. The number of hydrogen-bond acceptors (Lipinski definition) is 8. The molecule has 0 bridgehead atoms. The van der Waals surface area contributed by atoms with E-state index < -0.39 is 5.91 Å². The molecule has 2 heterocycles. The van der Waals surface area contributed by atoms with Crippen LogP contribution in [-0.2, 0) is 4.79 Å². The molecule has 0 radical (unpaired) electrons. The number of rotatable bonds is 7. The number of aliphatic imine (C=N–C) groups is 1. The van der Waals surface area contributed by atoms with Crippen LogP contribution in [0.3, 0.4) is 0 Å². The van der Waals surface area contributed by atoms with E-state index in [1.807, 2.05) is 32.2 Å². The standard InChI is InChI=1S/C24H24N4O4S2/c1-14-5-7-18(15(2)11-14)31-9-10-32-19-8-6-16(13-20(19)30-3)12-17-21(25)28-23(26-22(17)29)34-27-24(28)33-4/h5-8,11-13,25H,9-10H2,1-4H3/b17-12-,25-21?. The number of carbonyl (C=O) groups excluding carboxylic acids is 1. The summed E-state index contributed by atoms with van der Waals surface area (Å²) in [6.45, 7) is 4.79. The molecule has 2 aliphatic rings. The van der Waals surface area contributed by atoms with Crippen molar-refractivity contribution < 1.29 is 19.0 Å². The second-order valence-electron chi connectivity index (χ2n) is 7.49. The van der Waals surface area contributed by atoms with Crippen molar-refractivity contribution >= 4 is 51.9 Å². The molecule has 10 heteroatoms. The van der Waals surface area contributed by atoms with Crippen molar-refractivity contribution in [3.63, 3.8) is 0 Å². The summed E-state index contributed by atoms with van der Waals surface area (Å²) >= 11 is 2.50. The molecule has 0 aliphatic carbocycles. The lowest BCUT2D eigenvalue weighted by Crippen LogP contribution is -2.41. The number of benzene rings is 2. The fourth-order valence-electron chi connectivity index (χ4n) is 3.46. The molecular weight excluding hydrogens is 472 g/mol. The van der Waals surface area contributed by atoms with E-state index in [2.05, 4.69) is 15.5 Å². The number of aryl methyl sites for hydroxylation is 2. The topological polar surface area (TPSA) is 96.6 Å². The summed E-state index contributed by atoms with van der Waals surface area (Å²) in [5.74, 6) is 1.50. The molecule has 4 rings (SSSR count). The first-order valence-electron chi connectivity index (χ1n) is 10.4. The molecular formula is C24H24N4O4S2. The number of ether oxygens (including phenoxy) is 3. The third-order valence-electron chi connectivity index (χ3n) is 5.10. The lowest BCUT2D eigenvalue weighted by Gasteiger charge is -2.23. The van der Waals surface area contributed by atoms with Crippen LogP contribution < -0.4 is 14.2 Å². The van der Waals surface area contributed by atoms with Crippen LogP contribution >= 0.6 is 23.7 Å². The molecule has 0 fully saturated rings. The van der Waals surface area contributed by atoms with E-state index in [9.17, 15) is 4.79 Å². The van der Waals surface area contributed by atoms with Crippen LogP contribution in [0, 0.1) is 19.3 Å². The van der Waals surface area contributed by atoms with Gasteiger partial charge in [0.1, 0.15) is 24.8 Å². The zero-order valence-corrected chi connectivity index (χ0v) is 20.9. The average Bonchev–Trinajstić information content (AvgIpc) is 3.24. The van der Waals surface area contributed by atoms with E-state index in [4.69, 9.17) is 19.6 Å². The molecule has 8 nitrogen and oxygen atoms in total. The third-order valence-corrected chi connectivity index (χ3v) is 6.56. The van der Waals surface area contributed by atoms with Gasteiger partial charge in [-0.2, -0.15) is 9.39 Å². The predicted octanol–water partition coefficient (Wildman–Crippen LogP) is 4.71. The van der Waals surface area contributed by atoms with Crippen molar-refractivity contribution in [2.24, 2.45) is 9.39 Å². The SMILES string of the molecule is COc1cc(/C=C2/C(=N)N3C(SC)=NSC3=NC2=O)ccc1OCCOc1ccc(C)cc1C. The van der Waals surface area contributed by atoms with Crippen molar-refractivity contribution in [3.8, 4) is 17.2 Å². The molecule has 0 atom stereocenters. The molecule has 0 saturated heterocycles. The van der Waals surface area contributed by atoms with E-state index in [0.29, 0.717) is 40.6 Å². The second kappa shape index (κ2) is 10.4. The maximum absolute atomic E-state index is 12.5. The van der Waals surface area contributed by atoms with Gasteiger partial charge in [-0.1, -0.05) is 35.5 Å². The Hall–Kier alpha value is -3.24. The highest BCUT2D eigenvalue weighted by atomic mass is 32.2. The first-order valence-corrected chi connectivity index (χ1v) is 12.4. The van der Waals surface area contributed by atoms with Crippen molar-refractivity contribution in [3.05, 3.63) is 58.7 Å². The fraction of sp³-hybridized carbons (Fsp3) is 0.250. The van der Waals surface area contributed by atoms with Gasteiger partial charge >= 0.3 is 0 Å². The van der Waals surface area contributed by atoms with Gasteiger partial charge in [-0.3, -0.25) is 10.2 Å². The van der Waals surface area contributed by atoms with Crippen molar-refractivity contribution in [2.45, 2.75) is 13.8 Å². The molecule has 2 aliphatic heterocycles. The second-order valence-corrected chi connectivity index (χ2v) is 8.99. The van der Waals surface area contributed by atoms with Gasteiger partial charge in [-0.25, -0.2) is 4.90 Å². The van der Waals surface area contributed by atoms with Crippen molar-refractivity contribution in [1.82, 2.24) is 4.90 Å². The van der Waals surface area contributed by atoms with Gasteiger partial charge in [0.25, 0.3) is 5.91 Å². The Kier molecular flexibility index (Phi) is 7.28. The summed E-state index contributed by atoms with van der Waals surface area (Å²) < 4.78 is 21.4. The Morgan fingerprint density at radius 1 is 1.09 bits per heavy atom. The molecule has 0 aromatic heterocycles. The Labute approximate surface area is 206 Å². The highest BCUT2D eigenvalue weighted by Crippen LogP contribution is 2.33. The molecule has 1 N–H and O–H groups in total. The van der Waals surface area contributed by atoms with Gasteiger partial charge in [0.05, 0.1) is 24.6 Å². The van der Waals surface area contributed by atoms with Crippen LogP contribution in [-0.4, -0.2) is 53.6 Å². The highest BCUT2D eigenvalue weighted by molar-refractivity contribution is 8.18. The van der Waals surface area contributed by atoms with E-state index in [0.717, 1.165) is 23.3 Å². The molecule has 0 saturated carbocycles. The minimum absolute atomic E-state index is 0.0518. The van der Waals surface area contributed by atoms with Crippen LogP contribution in [0.25, 0.3) is 6.08 Å². The summed E-state index contributed by atoms with van der Waals surface area (Å²) in [5.41, 5.74) is 3.15. The molecule has 176 valence electrons. The number of nitrogens with zero attached hydrogens (tertiary/aromatic N) is 3. The minimum atomic E-state index is -0.468. The number of carbonyl (C=O) groups is 1. The normalized spacial score (nSPS) is 16.4. The number of fused-ring (bicyclic) bond motifs is 1. The summed E-state index contributed by atoms with van der Waals surface area (Å²) in [6, 6.07) is 11.4. The molecule has 2 aromatic carbocycles. The average molecular weight is 497 g/mol. The third kappa shape index (κ3) is 4.97. The van der Waals surface area contributed by atoms with E-state index in [1.54, 1.807) is 36.3 Å². The lowest BCUT2D eigenvalue weighted by atomic mass is 10.1. The quantitative estimate of drug-likeness (QED) is 0.337. The van der Waals surface area contributed by atoms with E-state index in [1.165, 1.54) is 17.3 Å². The number of nitrogens with one attached hydrogen (secondary N) is 1. The summed E-state index contributed by atoms with van der Waals surface area (Å²) in [4.78, 5) is 18.2. The molecule has 1 amide bonds.